The van der Waals surface area contributed by atoms with E-state index in [0.717, 1.165) is 9.44 Å². The van der Waals surface area contributed by atoms with Crippen LogP contribution in [-0.2, 0) is 20.6 Å². The molecule has 0 fully saturated rings. The summed E-state index contributed by atoms with van der Waals surface area (Å²) in [6.45, 7) is 0.408. The summed E-state index contributed by atoms with van der Waals surface area (Å²) < 4.78 is 2.27. The molecule has 118 valence electrons. The quantitative estimate of drug-likeness (QED) is 0.763. The molecule has 23 heavy (non-hydrogen) atoms. The van der Waals surface area contributed by atoms with Gasteiger partial charge in [-0.25, -0.2) is 9.78 Å². The van der Waals surface area contributed by atoms with Crippen LogP contribution < -0.4 is 16.6 Å². The monoisotopic (exact) mass is 330 g/mol. The molecule has 0 bridgehead atoms. The molecule has 8 heteroatoms. The Hall–Kier alpha value is -2.74. The fraction of sp³-hybridized carbons (Fsp3) is 0.200. The standard InChI is InChI=1S/C15H14N4O3S/c1-18-12-10(14(21)19(2)15(18)22)5-6-11(17-12)13(20)16-8-9-4-3-7-23-9/h3-7H,8H2,1-2H3,(H,16,20). The van der Waals surface area contributed by atoms with E-state index in [-0.39, 0.29) is 17.2 Å². The number of hydrogen-bond acceptors (Lipinski definition) is 5. The molecule has 0 radical (unpaired) electrons. The van der Waals surface area contributed by atoms with E-state index < -0.39 is 11.2 Å². The Morgan fingerprint density at radius 3 is 2.70 bits per heavy atom. The molecule has 0 atom stereocenters. The maximum atomic E-state index is 12.2. The van der Waals surface area contributed by atoms with Crippen LogP contribution >= 0.6 is 11.3 Å². The van der Waals surface area contributed by atoms with E-state index in [4.69, 9.17) is 0 Å². The topological polar surface area (TPSA) is 86.0 Å². The first kappa shape index (κ1) is 15.2. The van der Waals surface area contributed by atoms with Gasteiger partial charge in [0.05, 0.1) is 11.9 Å². The van der Waals surface area contributed by atoms with Gasteiger partial charge in [-0.2, -0.15) is 0 Å². The second kappa shape index (κ2) is 5.81. The predicted octanol–water partition coefficient (Wildman–Crippen LogP) is 0.624. The summed E-state index contributed by atoms with van der Waals surface area (Å²) in [5.41, 5.74) is -0.550. The smallest absolute Gasteiger partial charge is 0.332 e. The first-order chi connectivity index (χ1) is 11.0. The molecule has 0 aromatic carbocycles. The van der Waals surface area contributed by atoms with Crippen molar-refractivity contribution in [1.29, 1.82) is 0 Å². The van der Waals surface area contributed by atoms with Crippen LogP contribution in [0.5, 0.6) is 0 Å². The Balaban J connectivity index is 1.98. The van der Waals surface area contributed by atoms with Crippen molar-refractivity contribution in [2.24, 2.45) is 14.1 Å². The van der Waals surface area contributed by atoms with Crippen molar-refractivity contribution >= 4 is 28.3 Å². The van der Waals surface area contributed by atoms with Crippen LogP contribution in [0.4, 0.5) is 0 Å². The number of hydrogen-bond donors (Lipinski definition) is 1. The van der Waals surface area contributed by atoms with Gasteiger partial charge in [0.2, 0.25) is 0 Å². The Kier molecular flexibility index (Phi) is 3.83. The van der Waals surface area contributed by atoms with Crippen molar-refractivity contribution in [3.8, 4) is 0 Å². The maximum Gasteiger partial charge on any atom is 0.332 e. The summed E-state index contributed by atoms with van der Waals surface area (Å²) in [5.74, 6) is -0.353. The highest BCUT2D eigenvalue weighted by atomic mass is 32.1. The van der Waals surface area contributed by atoms with Gasteiger partial charge in [0, 0.05) is 19.0 Å². The minimum atomic E-state index is -0.480. The maximum absolute atomic E-state index is 12.2. The van der Waals surface area contributed by atoms with Crippen molar-refractivity contribution in [3.63, 3.8) is 0 Å². The summed E-state index contributed by atoms with van der Waals surface area (Å²) in [4.78, 5) is 41.4. The van der Waals surface area contributed by atoms with E-state index in [2.05, 4.69) is 10.3 Å². The second-order valence-electron chi connectivity index (χ2n) is 5.04. The number of carbonyl (C=O) groups excluding carboxylic acids is 1. The zero-order valence-electron chi connectivity index (χ0n) is 12.6. The van der Waals surface area contributed by atoms with Crippen molar-refractivity contribution in [2.75, 3.05) is 0 Å². The molecule has 0 spiro atoms. The summed E-state index contributed by atoms with van der Waals surface area (Å²) in [5, 5.41) is 4.99. The number of rotatable bonds is 3. The van der Waals surface area contributed by atoms with Gasteiger partial charge in [0.25, 0.3) is 11.5 Å². The highest BCUT2D eigenvalue weighted by Crippen LogP contribution is 2.09. The zero-order chi connectivity index (χ0) is 16.6. The lowest BCUT2D eigenvalue weighted by molar-refractivity contribution is 0.0946. The number of aromatic nitrogens is 3. The molecule has 1 amide bonds. The average molecular weight is 330 g/mol. The lowest BCUT2D eigenvalue weighted by Crippen LogP contribution is -2.37. The molecule has 0 aliphatic rings. The Morgan fingerprint density at radius 2 is 2.00 bits per heavy atom. The molecule has 0 saturated heterocycles. The van der Waals surface area contributed by atoms with Gasteiger partial charge in [-0.15, -0.1) is 11.3 Å². The molecule has 3 aromatic heterocycles. The number of nitrogens with one attached hydrogen (secondary N) is 1. The third kappa shape index (κ3) is 2.68. The van der Waals surface area contributed by atoms with Gasteiger partial charge in [-0.1, -0.05) is 6.07 Å². The molecular weight excluding hydrogens is 316 g/mol. The van der Waals surface area contributed by atoms with E-state index in [1.54, 1.807) is 11.3 Å². The van der Waals surface area contributed by atoms with Crippen LogP contribution in [0.15, 0.2) is 39.2 Å². The molecular formula is C15H14N4O3S. The molecule has 0 unspecified atom stereocenters. The van der Waals surface area contributed by atoms with E-state index in [9.17, 15) is 14.4 Å². The third-order valence-corrected chi connectivity index (χ3v) is 4.41. The normalized spacial score (nSPS) is 10.9. The van der Waals surface area contributed by atoms with Crippen LogP contribution in [0, 0.1) is 0 Å². The van der Waals surface area contributed by atoms with Gasteiger partial charge in [0.15, 0.2) is 0 Å². The molecule has 7 nitrogen and oxygen atoms in total. The summed E-state index contributed by atoms with van der Waals surface area (Å²) >= 11 is 1.55. The van der Waals surface area contributed by atoms with Gasteiger partial charge in [0.1, 0.15) is 11.3 Å². The van der Waals surface area contributed by atoms with Gasteiger partial charge >= 0.3 is 5.69 Å². The Morgan fingerprint density at radius 1 is 1.22 bits per heavy atom. The zero-order valence-corrected chi connectivity index (χ0v) is 13.4. The first-order valence-electron chi connectivity index (χ1n) is 6.86. The van der Waals surface area contributed by atoms with Crippen LogP contribution in [0.25, 0.3) is 11.0 Å². The van der Waals surface area contributed by atoms with Crippen molar-refractivity contribution in [2.45, 2.75) is 6.54 Å². The molecule has 3 rings (SSSR count). The van der Waals surface area contributed by atoms with Crippen molar-refractivity contribution < 1.29 is 4.79 Å². The van der Waals surface area contributed by atoms with Gasteiger partial charge < -0.3 is 5.32 Å². The lowest BCUT2D eigenvalue weighted by atomic mass is 10.2. The SMILES string of the molecule is Cn1c(=O)c2ccc(C(=O)NCc3cccs3)nc2n(C)c1=O. The highest BCUT2D eigenvalue weighted by Gasteiger charge is 2.13. The fourth-order valence-electron chi connectivity index (χ4n) is 2.25. The number of aryl methyl sites for hydroxylation is 1. The number of thiophene rings is 1. The minimum absolute atomic E-state index is 0.164. The molecule has 3 heterocycles. The second-order valence-corrected chi connectivity index (χ2v) is 6.07. The van der Waals surface area contributed by atoms with Crippen molar-refractivity contribution in [3.05, 3.63) is 61.1 Å². The van der Waals surface area contributed by atoms with Gasteiger partial charge in [-0.3, -0.25) is 18.7 Å². The van der Waals surface area contributed by atoms with E-state index >= 15 is 0 Å². The number of fused-ring (bicyclic) bond motifs is 1. The van der Waals surface area contributed by atoms with E-state index in [1.165, 1.54) is 30.8 Å². The van der Waals surface area contributed by atoms with E-state index in [1.807, 2.05) is 17.5 Å². The van der Waals surface area contributed by atoms with Crippen molar-refractivity contribution in [1.82, 2.24) is 19.4 Å². The largest absolute Gasteiger partial charge is 0.346 e. The number of pyridine rings is 1. The number of amides is 1. The molecule has 0 aliphatic heterocycles. The lowest BCUT2D eigenvalue weighted by Gasteiger charge is -2.08. The average Bonchev–Trinajstić information content (AvgIpc) is 3.08. The fourth-order valence-corrected chi connectivity index (χ4v) is 2.90. The Bertz CT molecular complexity index is 1000. The number of carbonyl (C=O) groups is 1. The third-order valence-electron chi connectivity index (χ3n) is 3.54. The molecule has 3 aromatic rings. The summed E-state index contributed by atoms with van der Waals surface area (Å²) in [6.07, 6.45) is 0. The van der Waals surface area contributed by atoms with Crippen LogP contribution in [0.2, 0.25) is 0 Å². The summed E-state index contributed by atoms with van der Waals surface area (Å²) in [7, 11) is 2.93. The van der Waals surface area contributed by atoms with Gasteiger partial charge in [-0.05, 0) is 23.6 Å². The van der Waals surface area contributed by atoms with E-state index in [0.29, 0.717) is 11.9 Å². The Labute approximate surface area is 134 Å². The number of nitrogens with zero attached hydrogens (tertiary/aromatic N) is 3. The minimum Gasteiger partial charge on any atom is -0.346 e. The molecule has 1 N–H and O–H groups in total. The van der Waals surface area contributed by atoms with Crippen LogP contribution in [0.3, 0.4) is 0 Å². The highest BCUT2D eigenvalue weighted by molar-refractivity contribution is 7.09. The van der Waals surface area contributed by atoms with Crippen LogP contribution in [-0.4, -0.2) is 20.0 Å². The summed E-state index contributed by atoms with van der Waals surface area (Å²) in [6, 6.07) is 6.83. The molecule has 0 saturated carbocycles. The predicted molar refractivity (Wildman–Crippen MR) is 87.7 cm³/mol. The first-order valence-corrected chi connectivity index (χ1v) is 7.74. The van der Waals surface area contributed by atoms with Crippen LogP contribution in [0.1, 0.15) is 15.4 Å². The molecule has 0 aliphatic carbocycles.